The van der Waals surface area contributed by atoms with Crippen LogP contribution in [0, 0.1) is 0 Å². The summed E-state index contributed by atoms with van der Waals surface area (Å²) in [4.78, 5) is 138. The standard InChI is InChI=1S/C56H82N12O10/c1-6-8-22-42(63-53(76)47(7-2)67(4)5)49(72)64-44-27-26-37(70)20-13-10-14-23-40(34(3)69)61-52(75)46(30-36-32-60-41-24-16-15-21-39(36)41)65-50(73)43(25-17-28-59-56(57)58)62-51(74)45(29-35-18-11-9-12-19-35)66-54(77)48-31-38(71)33-68(48)55(44)78/h9,11-12,15-16,18-19,21,24,32,38,40,42-48,60,71H,6-8,10,13-14,17,20,22-23,25-31,33H2,1-5H3,(H,61,75)(H,62,74)(H,63,76)(H,64,72)(H,65,73)(H,66,77)(H4,57,58,59)/t38-,40+,42+,43+,44+,45-,46+,47+,48+/m1/s1. The number of nitrogens with zero attached hydrogens (tertiary/aromatic N) is 3. The highest BCUT2D eigenvalue weighted by Gasteiger charge is 2.43. The number of H-pyrrole nitrogens is 1. The van der Waals surface area contributed by atoms with Crippen LogP contribution in [0.3, 0.4) is 0 Å². The van der Waals surface area contributed by atoms with E-state index in [1.165, 1.54) is 6.92 Å². The first-order valence-electron chi connectivity index (χ1n) is 27.4. The normalized spacial score (nSPS) is 23.4. The lowest BCUT2D eigenvalue weighted by molar-refractivity contribution is -0.143. The molecular formula is C56H82N12O10. The molecule has 0 bridgehead atoms. The molecule has 1 aromatic heterocycles. The molecule has 3 aromatic rings. The summed E-state index contributed by atoms with van der Waals surface area (Å²) in [6.07, 6.45) is 3.80. The molecule has 78 heavy (non-hydrogen) atoms. The van der Waals surface area contributed by atoms with Crippen molar-refractivity contribution in [2.75, 3.05) is 27.2 Å². The monoisotopic (exact) mass is 1080 g/mol. The van der Waals surface area contributed by atoms with E-state index in [1.54, 1.807) is 55.5 Å². The second-order valence-electron chi connectivity index (χ2n) is 20.8. The number of aliphatic imine (C=N–C) groups is 1. The van der Waals surface area contributed by atoms with Gasteiger partial charge in [0.25, 0.3) is 0 Å². The third kappa shape index (κ3) is 18.5. The summed E-state index contributed by atoms with van der Waals surface area (Å²) >= 11 is 0. The molecule has 7 amide bonds. The fourth-order valence-corrected chi connectivity index (χ4v) is 10.1. The van der Waals surface area contributed by atoms with Crippen LogP contribution < -0.4 is 43.4 Å². The van der Waals surface area contributed by atoms with Gasteiger partial charge in [-0.15, -0.1) is 0 Å². The molecule has 0 spiro atoms. The van der Waals surface area contributed by atoms with Gasteiger partial charge in [-0.3, -0.25) is 53.0 Å². The van der Waals surface area contributed by atoms with Crippen molar-refractivity contribution in [2.24, 2.45) is 16.5 Å². The minimum atomic E-state index is -1.38. The lowest BCUT2D eigenvalue weighted by atomic mass is 9.99. The number of carbonyl (C=O) groups is 9. The van der Waals surface area contributed by atoms with Crippen LogP contribution >= 0.6 is 0 Å². The number of para-hydroxylation sites is 1. The molecular weight excluding hydrogens is 1000 g/mol. The van der Waals surface area contributed by atoms with Crippen LogP contribution in [0.2, 0.25) is 0 Å². The van der Waals surface area contributed by atoms with Crippen molar-refractivity contribution >= 4 is 69.8 Å². The summed E-state index contributed by atoms with van der Waals surface area (Å²) in [5, 5.41) is 28.9. The van der Waals surface area contributed by atoms with E-state index in [-0.39, 0.29) is 101 Å². The maximum absolute atomic E-state index is 14.9. The molecule has 3 heterocycles. The average molecular weight is 1080 g/mol. The first-order chi connectivity index (χ1) is 37.3. The summed E-state index contributed by atoms with van der Waals surface area (Å²) in [6, 6.07) is 7.03. The molecule has 12 N–H and O–H groups in total. The zero-order chi connectivity index (χ0) is 56.9. The summed E-state index contributed by atoms with van der Waals surface area (Å²) < 4.78 is 0. The summed E-state index contributed by atoms with van der Waals surface area (Å²) in [5.41, 5.74) is 13.3. The Morgan fingerprint density at radius 3 is 2.15 bits per heavy atom. The molecule has 2 aliphatic rings. The molecule has 0 radical (unpaired) electrons. The van der Waals surface area contributed by atoms with Gasteiger partial charge >= 0.3 is 0 Å². The predicted molar refractivity (Wildman–Crippen MR) is 295 cm³/mol. The SMILES string of the molecule is CCCC[C@H](NC(=O)[C@H](CC)N(C)C)C(=O)N[C@H]1CCC(=O)CCCCC[C@@H](C(C)=O)NC(=O)[C@H](Cc2c[nH]c3ccccc23)NC(=O)[C@H](CCCN=C(N)N)NC(=O)[C@@H](Cc2ccccc2)NC(=O)[C@@H]2C[C@@H](O)CN2C1=O. The number of nitrogens with one attached hydrogen (secondary N) is 7. The minimum Gasteiger partial charge on any atom is -0.391 e. The van der Waals surface area contributed by atoms with Crippen LogP contribution in [0.25, 0.3) is 10.9 Å². The number of benzene rings is 2. The van der Waals surface area contributed by atoms with Gasteiger partial charge in [-0.05, 0) is 83.2 Å². The Balaban J connectivity index is 1.52. The lowest BCUT2D eigenvalue weighted by Gasteiger charge is -2.31. The minimum absolute atomic E-state index is 0.00513. The zero-order valence-corrected chi connectivity index (χ0v) is 45.8. The van der Waals surface area contributed by atoms with Crippen LogP contribution in [-0.4, -0.2) is 160 Å². The number of aromatic nitrogens is 1. The summed E-state index contributed by atoms with van der Waals surface area (Å²) in [5.74, 6) is -5.48. The third-order valence-corrected chi connectivity index (χ3v) is 14.5. The van der Waals surface area contributed by atoms with Crippen molar-refractivity contribution in [1.82, 2.24) is 46.7 Å². The van der Waals surface area contributed by atoms with E-state index in [0.29, 0.717) is 49.7 Å². The van der Waals surface area contributed by atoms with E-state index in [1.807, 2.05) is 38.1 Å². The number of Topliss-reactive ketones (excluding diaryl/α,β-unsaturated/α-hetero) is 2. The van der Waals surface area contributed by atoms with Gasteiger partial charge < -0.3 is 58.4 Å². The van der Waals surface area contributed by atoms with Crippen LogP contribution in [0.15, 0.2) is 65.8 Å². The summed E-state index contributed by atoms with van der Waals surface area (Å²) in [7, 11) is 3.51. The summed E-state index contributed by atoms with van der Waals surface area (Å²) in [6.45, 7) is 4.92. The number of likely N-dealkylation sites (N-methyl/N-ethyl adjacent to an activating group) is 1. The number of nitrogens with two attached hydrogens (primary N) is 2. The fraction of sp³-hybridized carbons (Fsp3) is 0.571. The highest BCUT2D eigenvalue weighted by molar-refractivity contribution is 5.99. The number of ketones is 2. The number of rotatable bonds is 18. The number of guanidine groups is 1. The van der Waals surface area contributed by atoms with Gasteiger partial charge in [0.05, 0.1) is 18.2 Å². The Morgan fingerprint density at radius 1 is 0.795 bits per heavy atom. The maximum atomic E-state index is 14.9. The highest BCUT2D eigenvalue weighted by Crippen LogP contribution is 2.23. The Hall–Kier alpha value is -7.20. The van der Waals surface area contributed by atoms with Crippen molar-refractivity contribution in [2.45, 2.75) is 178 Å². The molecule has 22 nitrogen and oxygen atoms in total. The number of fused-ring (bicyclic) bond motifs is 2. The smallest absolute Gasteiger partial charge is 0.245 e. The Kier molecular flexibility index (Phi) is 24.2. The van der Waals surface area contributed by atoms with Gasteiger partial charge in [-0.25, -0.2) is 0 Å². The van der Waals surface area contributed by atoms with Crippen molar-refractivity contribution in [3.05, 3.63) is 71.9 Å². The number of aliphatic hydroxyl groups is 1. The number of hydrogen-bond acceptors (Lipinski definition) is 12. The lowest BCUT2D eigenvalue weighted by Crippen LogP contribution is -2.60. The van der Waals surface area contributed by atoms with Gasteiger partial charge in [-0.1, -0.05) is 88.1 Å². The quantitative estimate of drug-likeness (QED) is 0.0489. The van der Waals surface area contributed by atoms with Crippen LogP contribution in [0.4, 0.5) is 0 Å². The predicted octanol–water partition coefficient (Wildman–Crippen LogP) is 1.31. The van der Waals surface area contributed by atoms with Crippen LogP contribution in [0.5, 0.6) is 0 Å². The molecule has 426 valence electrons. The first-order valence-corrected chi connectivity index (χ1v) is 27.4. The number of amides is 7. The van der Waals surface area contributed by atoms with E-state index in [9.17, 15) is 48.3 Å². The molecule has 0 aliphatic carbocycles. The van der Waals surface area contributed by atoms with Gasteiger partial charge in [0.2, 0.25) is 41.4 Å². The molecule has 2 fully saturated rings. The van der Waals surface area contributed by atoms with Gasteiger partial charge in [-0.2, -0.15) is 0 Å². The Bertz CT molecular complexity index is 2570. The van der Waals surface area contributed by atoms with Crippen molar-refractivity contribution in [1.29, 1.82) is 0 Å². The maximum Gasteiger partial charge on any atom is 0.245 e. The zero-order valence-electron chi connectivity index (χ0n) is 45.8. The van der Waals surface area contributed by atoms with E-state index >= 15 is 0 Å². The van der Waals surface area contributed by atoms with Gasteiger partial charge in [0.15, 0.2) is 11.7 Å². The molecule has 0 unspecified atom stereocenters. The highest BCUT2D eigenvalue weighted by atomic mass is 16.3. The van der Waals surface area contributed by atoms with E-state index < -0.39 is 89.9 Å². The molecule has 5 rings (SSSR count). The molecule has 2 aliphatic heterocycles. The second kappa shape index (κ2) is 30.7. The number of aliphatic hydroxyl groups excluding tert-OH is 1. The van der Waals surface area contributed by atoms with Gasteiger partial charge in [0.1, 0.15) is 42.0 Å². The number of unbranched alkanes of at least 4 members (excludes halogenated alkanes) is 1. The van der Waals surface area contributed by atoms with E-state index in [0.717, 1.165) is 15.8 Å². The number of hydrogen-bond donors (Lipinski definition) is 10. The average Bonchev–Trinajstić information content (AvgIpc) is 4.02. The molecule has 0 saturated carbocycles. The second-order valence-corrected chi connectivity index (χ2v) is 20.8. The topological polar surface area (TPSA) is 333 Å². The third-order valence-electron chi connectivity index (χ3n) is 14.5. The number of carbonyl (C=O) groups excluding carboxylic acids is 9. The Labute approximate surface area is 456 Å². The fourth-order valence-electron chi connectivity index (χ4n) is 10.1. The molecule has 2 saturated heterocycles. The van der Waals surface area contributed by atoms with Crippen molar-refractivity contribution in [3.8, 4) is 0 Å². The largest absolute Gasteiger partial charge is 0.391 e. The Morgan fingerprint density at radius 2 is 1.46 bits per heavy atom. The molecule has 9 atom stereocenters. The van der Waals surface area contributed by atoms with Crippen molar-refractivity contribution in [3.63, 3.8) is 0 Å². The van der Waals surface area contributed by atoms with E-state index in [4.69, 9.17) is 11.5 Å². The van der Waals surface area contributed by atoms with Gasteiger partial charge in [0, 0.05) is 62.3 Å². The first kappa shape index (κ1) is 61.7. The van der Waals surface area contributed by atoms with Crippen LogP contribution in [-0.2, 0) is 56.0 Å². The molecule has 2 aromatic carbocycles. The van der Waals surface area contributed by atoms with E-state index in [2.05, 4.69) is 41.9 Å². The molecule has 22 heteroatoms. The number of aromatic amines is 1. The van der Waals surface area contributed by atoms with Crippen LogP contribution in [0.1, 0.15) is 122 Å². The van der Waals surface area contributed by atoms with Crippen molar-refractivity contribution < 1.29 is 48.3 Å².